The molecule has 0 spiro atoms. The first-order valence-corrected chi connectivity index (χ1v) is 7.15. The summed E-state index contributed by atoms with van der Waals surface area (Å²) in [5, 5.41) is 11.5. The van der Waals surface area contributed by atoms with E-state index in [4.69, 9.17) is 5.26 Å². The maximum Gasteiger partial charge on any atom is 0.182 e. The van der Waals surface area contributed by atoms with Gasteiger partial charge in [0.05, 0.1) is 0 Å². The van der Waals surface area contributed by atoms with Gasteiger partial charge in [-0.1, -0.05) is 60.7 Å². The highest BCUT2D eigenvalue weighted by Crippen LogP contribution is 2.04. The summed E-state index contributed by atoms with van der Waals surface area (Å²) in [4.78, 5) is 4.51. The van der Waals surface area contributed by atoms with Crippen LogP contribution in [0, 0.1) is 11.5 Å². The van der Waals surface area contributed by atoms with Crippen molar-refractivity contribution in [1.29, 1.82) is 5.26 Å². The third-order valence-corrected chi connectivity index (χ3v) is 3.24. The van der Waals surface area contributed by atoms with E-state index in [0.717, 1.165) is 25.1 Å². The Hall–Kier alpha value is -2.60. The third-order valence-electron chi connectivity index (χ3n) is 3.24. The van der Waals surface area contributed by atoms with Crippen LogP contribution in [0.15, 0.2) is 65.7 Å². The van der Waals surface area contributed by atoms with Crippen molar-refractivity contribution in [3.8, 4) is 6.19 Å². The number of aryl methyl sites for hydroxylation is 1. The number of hydrogen-bond donors (Lipinski definition) is 1. The zero-order valence-corrected chi connectivity index (χ0v) is 12.0. The van der Waals surface area contributed by atoms with Gasteiger partial charge in [-0.2, -0.15) is 5.26 Å². The quantitative estimate of drug-likeness (QED) is 0.381. The SMILES string of the molecule is N#CNC(CCc1ccccc1)=NCCc1ccccc1. The zero-order valence-electron chi connectivity index (χ0n) is 12.0. The number of hydrogen-bond acceptors (Lipinski definition) is 2. The largest absolute Gasteiger partial charge is 0.281 e. The molecule has 0 aromatic heterocycles. The molecular weight excluding hydrogens is 258 g/mol. The highest BCUT2D eigenvalue weighted by molar-refractivity contribution is 5.83. The highest BCUT2D eigenvalue weighted by atomic mass is 15.0. The van der Waals surface area contributed by atoms with E-state index in [1.54, 1.807) is 0 Å². The summed E-state index contributed by atoms with van der Waals surface area (Å²) in [5.41, 5.74) is 2.52. The molecule has 21 heavy (non-hydrogen) atoms. The Kier molecular flexibility index (Phi) is 6.02. The van der Waals surface area contributed by atoms with E-state index >= 15 is 0 Å². The molecule has 0 bridgehead atoms. The predicted octanol–water partition coefficient (Wildman–Crippen LogP) is 3.33. The number of aliphatic imine (C=N–C) groups is 1. The van der Waals surface area contributed by atoms with Crippen LogP contribution in [0.4, 0.5) is 0 Å². The van der Waals surface area contributed by atoms with Crippen LogP contribution >= 0.6 is 0 Å². The standard InChI is InChI=1S/C18H19N3/c19-15-21-18(12-11-16-7-3-1-4-8-16)20-14-13-17-9-5-2-6-10-17/h1-10H,11-14H2,(H,20,21). The Labute approximate surface area is 126 Å². The van der Waals surface area contributed by atoms with Gasteiger partial charge in [0.25, 0.3) is 0 Å². The van der Waals surface area contributed by atoms with Crippen molar-refractivity contribution in [2.24, 2.45) is 4.99 Å². The Morgan fingerprint density at radius 2 is 1.48 bits per heavy atom. The number of amidine groups is 1. The fourth-order valence-corrected chi connectivity index (χ4v) is 2.12. The molecule has 0 amide bonds. The first-order valence-electron chi connectivity index (χ1n) is 7.15. The van der Waals surface area contributed by atoms with Crippen molar-refractivity contribution in [2.75, 3.05) is 6.54 Å². The van der Waals surface area contributed by atoms with Gasteiger partial charge in [0, 0.05) is 13.0 Å². The summed E-state index contributed by atoms with van der Waals surface area (Å²) in [6, 6.07) is 20.5. The lowest BCUT2D eigenvalue weighted by Gasteiger charge is -2.05. The lowest BCUT2D eigenvalue weighted by molar-refractivity contribution is 0.922. The summed E-state index contributed by atoms with van der Waals surface area (Å²) in [6.07, 6.45) is 4.51. The molecule has 1 N–H and O–H groups in total. The fraction of sp³-hybridized carbons (Fsp3) is 0.222. The summed E-state index contributed by atoms with van der Waals surface area (Å²) in [6.45, 7) is 0.697. The summed E-state index contributed by atoms with van der Waals surface area (Å²) in [5.74, 6) is 0.761. The molecular formula is C18H19N3. The van der Waals surface area contributed by atoms with Crippen LogP contribution in [0.25, 0.3) is 0 Å². The smallest absolute Gasteiger partial charge is 0.182 e. The first kappa shape index (κ1) is 14.8. The lowest BCUT2D eigenvalue weighted by atomic mass is 10.1. The van der Waals surface area contributed by atoms with Gasteiger partial charge in [0.2, 0.25) is 0 Å². The molecule has 0 aliphatic carbocycles. The number of benzene rings is 2. The van der Waals surface area contributed by atoms with Gasteiger partial charge >= 0.3 is 0 Å². The second kappa shape index (κ2) is 8.55. The van der Waals surface area contributed by atoms with Crippen molar-refractivity contribution >= 4 is 5.84 Å². The van der Waals surface area contributed by atoms with Gasteiger partial charge in [-0.05, 0) is 24.0 Å². The molecule has 2 aromatic carbocycles. The molecule has 2 aromatic rings. The van der Waals surface area contributed by atoms with E-state index in [0.29, 0.717) is 6.54 Å². The minimum absolute atomic E-state index is 0.697. The van der Waals surface area contributed by atoms with E-state index < -0.39 is 0 Å². The predicted molar refractivity (Wildman–Crippen MR) is 86.0 cm³/mol. The number of nitrogens with zero attached hydrogens (tertiary/aromatic N) is 2. The summed E-state index contributed by atoms with van der Waals surface area (Å²) < 4.78 is 0. The molecule has 2 rings (SSSR count). The summed E-state index contributed by atoms with van der Waals surface area (Å²) >= 11 is 0. The Bertz CT molecular complexity index is 597. The molecule has 0 saturated heterocycles. The van der Waals surface area contributed by atoms with E-state index in [1.807, 2.05) is 42.6 Å². The van der Waals surface area contributed by atoms with Crippen LogP contribution in [0.1, 0.15) is 17.5 Å². The van der Waals surface area contributed by atoms with Crippen molar-refractivity contribution in [3.63, 3.8) is 0 Å². The normalized spacial score (nSPS) is 10.9. The molecule has 0 saturated carbocycles. The molecule has 0 unspecified atom stereocenters. The van der Waals surface area contributed by atoms with Gasteiger partial charge in [0.15, 0.2) is 6.19 Å². The van der Waals surface area contributed by atoms with Gasteiger partial charge in [-0.25, -0.2) is 0 Å². The van der Waals surface area contributed by atoms with Crippen LogP contribution in [0.3, 0.4) is 0 Å². The zero-order chi connectivity index (χ0) is 14.8. The second-order valence-electron chi connectivity index (χ2n) is 4.79. The maximum absolute atomic E-state index is 8.81. The van der Waals surface area contributed by atoms with E-state index in [2.05, 4.69) is 34.6 Å². The van der Waals surface area contributed by atoms with Gasteiger partial charge in [0.1, 0.15) is 5.84 Å². The fourth-order valence-electron chi connectivity index (χ4n) is 2.12. The van der Waals surface area contributed by atoms with Crippen LogP contribution in [-0.2, 0) is 12.8 Å². The minimum atomic E-state index is 0.697. The molecule has 106 valence electrons. The number of nitrogens with one attached hydrogen (secondary N) is 1. The van der Waals surface area contributed by atoms with E-state index in [9.17, 15) is 0 Å². The van der Waals surface area contributed by atoms with Crippen molar-refractivity contribution in [1.82, 2.24) is 5.32 Å². The molecule has 0 aliphatic rings. The average molecular weight is 277 g/mol. The third kappa shape index (κ3) is 5.50. The molecule has 0 atom stereocenters. The maximum atomic E-state index is 8.81. The monoisotopic (exact) mass is 277 g/mol. The highest BCUT2D eigenvalue weighted by Gasteiger charge is 2.00. The van der Waals surface area contributed by atoms with E-state index in [1.165, 1.54) is 11.1 Å². The average Bonchev–Trinajstić information content (AvgIpc) is 2.54. The van der Waals surface area contributed by atoms with E-state index in [-0.39, 0.29) is 0 Å². The van der Waals surface area contributed by atoms with Crippen LogP contribution in [0.2, 0.25) is 0 Å². The minimum Gasteiger partial charge on any atom is -0.281 e. The van der Waals surface area contributed by atoms with Gasteiger partial charge in [-0.15, -0.1) is 0 Å². The van der Waals surface area contributed by atoms with Crippen molar-refractivity contribution in [2.45, 2.75) is 19.3 Å². The van der Waals surface area contributed by atoms with Crippen LogP contribution in [0.5, 0.6) is 0 Å². The molecule has 0 heterocycles. The Morgan fingerprint density at radius 1 is 0.905 bits per heavy atom. The second-order valence-corrected chi connectivity index (χ2v) is 4.79. The topological polar surface area (TPSA) is 48.2 Å². The lowest BCUT2D eigenvalue weighted by Crippen LogP contribution is -2.19. The molecule has 3 heteroatoms. The number of rotatable bonds is 6. The summed E-state index contributed by atoms with van der Waals surface area (Å²) in [7, 11) is 0. The molecule has 0 radical (unpaired) electrons. The van der Waals surface area contributed by atoms with Crippen LogP contribution in [-0.4, -0.2) is 12.4 Å². The van der Waals surface area contributed by atoms with Gasteiger partial charge < -0.3 is 0 Å². The Morgan fingerprint density at radius 3 is 2.05 bits per heavy atom. The molecule has 3 nitrogen and oxygen atoms in total. The molecule has 0 fully saturated rings. The van der Waals surface area contributed by atoms with Crippen LogP contribution < -0.4 is 5.32 Å². The Balaban J connectivity index is 1.86. The molecule has 0 aliphatic heterocycles. The van der Waals surface area contributed by atoms with Crippen molar-refractivity contribution in [3.05, 3.63) is 71.8 Å². The first-order chi connectivity index (χ1) is 10.4. The van der Waals surface area contributed by atoms with Crippen molar-refractivity contribution < 1.29 is 0 Å². The number of nitriles is 1. The van der Waals surface area contributed by atoms with Gasteiger partial charge in [-0.3, -0.25) is 10.3 Å².